The molecule has 0 saturated heterocycles. The lowest BCUT2D eigenvalue weighted by molar-refractivity contribution is -0.116. The molecule has 1 N–H and O–H groups in total. The molecule has 0 bridgehead atoms. The van der Waals surface area contributed by atoms with Crippen LogP contribution in [0.4, 0.5) is 5.69 Å². The van der Waals surface area contributed by atoms with E-state index >= 15 is 0 Å². The van der Waals surface area contributed by atoms with Gasteiger partial charge in [0.05, 0.1) is 5.69 Å². The summed E-state index contributed by atoms with van der Waals surface area (Å²) in [5, 5.41) is 6.71. The Morgan fingerprint density at radius 3 is 2.55 bits per heavy atom. The first kappa shape index (κ1) is 18.7. The molecule has 2 heterocycles. The van der Waals surface area contributed by atoms with Gasteiger partial charge in [-0.05, 0) is 19.9 Å². The maximum Gasteiger partial charge on any atom is 0.231 e. The highest BCUT2D eigenvalue weighted by atomic mass is 16.7. The number of fused-ring (bicyclic) bond motifs is 1. The largest absolute Gasteiger partial charge is 0.454 e. The number of rotatable bonds is 6. The maximum atomic E-state index is 12.4. The molecular formula is C21H19N3O5. The molecule has 0 unspecified atom stereocenters. The van der Waals surface area contributed by atoms with E-state index in [1.807, 2.05) is 31.2 Å². The molecule has 1 aromatic heterocycles. The number of benzene rings is 2. The number of carbonyl (C=O) groups is 2. The van der Waals surface area contributed by atoms with Crippen molar-refractivity contribution < 1.29 is 23.6 Å². The van der Waals surface area contributed by atoms with Crippen molar-refractivity contribution in [2.45, 2.75) is 26.7 Å². The van der Waals surface area contributed by atoms with E-state index in [1.165, 1.54) is 6.92 Å². The summed E-state index contributed by atoms with van der Waals surface area (Å²) >= 11 is 0. The van der Waals surface area contributed by atoms with E-state index in [-0.39, 0.29) is 31.3 Å². The molecule has 1 amide bonds. The third-order valence-corrected chi connectivity index (χ3v) is 4.51. The first-order valence-corrected chi connectivity index (χ1v) is 9.13. The van der Waals surface area contributed by atoms with Crippen molar-refractivity contribution in [1.82, 2.24) is 10.1 Å². The monoisotopic (exact) mass is 393 g/mol. The quantitative estimate of drug-likeness (QED) is 0.639. The first-order chi connectivity index (χ1) is 14.0. The highest BCUT2D eigenvalue weighted by molar-refractivity contribution is 6.04. The van der Waals surface area contributed by atoms with Crippen LogP contribution in [0.15, 0.2) is 40.9 Å². The number of aromatic nitrogens is 2. The molecule has 0 saturated carbocycles. The Labute approximate surface area is 166 Å². The molecule has 8 nitrogen and oxygen atoms in total. The molecule has 0 aliphatic carbocycles. The number of carbonyl (C=O) groups excluding carboxylic acids is 2. The second-order valence-corrected chi connectivity index (χ2v) is 6.73. The molecular weight excluding hydrogens is 374 g/mol. The number of hydrogen-bond acceptors (Lipinski definition) is 7. The van der Waals surface area contributed by atoms with Gasteiger partial charge >= 0.3 is 0 Å². The Morgan fingerprint density at radius 2 is 1.83 bits per heavy atom. The Kier molecular flexibility index (Phi) is 4.99. The van der Waals surface area contributed by atoms with E-state index < -0.39 is 0 Å². The Hall–Kier alpha value is -3.68. The Bertz CT molecular complexity index is 1070. The number of ketones is 1. The zero-order chi connectivity index (χ0) is 20.4. The van der Waals surface area contributed by atoms with Gasteiger partial charge in [0.1, 0.15) is 0 Å². The van der Waals surface area contributed by atoms with Gasteiger partial charge in [0.15, 0.2) is 17.3 Å². The summed E-state index contributed by atoms with van der Waals surface area (Å²) in [5.41, 5.74) is 2.74. The minimum Gasteiger partial charge on any atom is -0.454 e. The molecule has 2 aromatic carbocycles. The summed E-state index contributed by atoms with van der Waals surface area (Å²) in [6, 6.07) is 10.9. The van der Waals surface area contributed by atoms with Crippen molar-refractivity contribution >= 4 is 17.4 Å². The number of ether oxygens (including phenoxy) is 2. The average molecular weight is 393 g/mol. The molecule has 8 heteroatoms. The van der Waals surface area contributed by atoms with Crippen LogP contribution in [0, 0.1) is 6.92 Å². The van der Waals surface area contributed by atoms with Gasteiger partial charge in [0.2, 0.25) is 24.4 Å². The number of Topliss-reactive ketones (excluding diaryl/α,β-unsaturated/α-hetero) is 1. The van der Waals surface area contributed by atoms with Crippen molar-refractivity contribution in [3.05, 3.63) is 53.4 Å². The van der Waals surface area contributed by atoms with Crippen molar-refractivity contribution in [3.63, 3.8) is 0 Å². The van der Waals surface area contributed by atoms with E-state index in [9.17, 15) is 9.59 Å². The smallest absolute Gasteiger partial charge is 0.231 e. The normalized spacial score (nSPS) is 12.1. The van der Waals surface area contributed by atoms with Gasteiger partial charge in [0, 0.05) is 30.0 Å². The molecule has 3 aromatic rings. The van der Waals surface area contributed by atoms with E-state index in [1.54, 1.807) is 12.1 Å². The fourth-order valence-corrected chi connectivity index (χ4v) is 2.95. The summed E-state index contributed by atoms with van der Waals surface area (Å²) in [6.45, 7) is 3.52. The molecule has 29 heavy (non-hydrogen) atoms. The SMILES string of the molecule is CC(=O)c1cc2c(cc1NC(=O)CCc1nc(-c3ccc(C)cc3)no1)OCO2. The molecule has 148 valence electrons. The molecule has 1 aliphatic rings. The van der Waals surface area contributed by atoms with Crippen LogP contribution in [-0.2, 0) is 11.2 Å². The summed E-state index contributed by atoms with van der Waals surface area (Å²) < 4.78 is 15.8. The van der Waals surface area contributed by atoms with Crippen molar-refractivity contribution in [2.24, 2.45) is 0 Å². The van der Waals surface area contributed by atoms with Crippen LogP contribution in [0.5, 0.6) is 11.5 Å². The molecule has 0 atom stereocenters. The van der Waals surface area contributed by atoms with Gasteiger partial charge in [0.25, 0.3) is 0 Å². The predicted molar refractivity (Wildman–Crippen MR) is 104 cm³/mol. The second-order valence-electron chi connectivity index (χ2n) is 6.73. The van der Waals surface area contributed by atoms with E-state index in [0.29, 0.717) is 34.5 Å². The molecule has 1 aliphatic heterocycles. The lowest BCUT2D eigenvalue weighted by Gasteiger charge is -2.10. The third-order valence-electron chi connectivity index (χ3n) is 4.51. The van der Waals surface area contributed by atoms with E-state index in [4.69, 9.17) is 14.0 Å². The molecule has 0 spiro atoms. The zero-order valence-corrected chi connectivity index (χ0v) is 16.0. The fraction of sp³-hybridized carbons (Fsp3) is 0.238. The van der Waals surface area contributed by atoms with Crippen LogP contribution in [0.2, 0.25) is 0 Å². The lowest BCUT2D eigenvalue weighted by Crippen LogP contribution is -2.14. The zero-order valence-electron chi connectivity index (χ0n) is 16.0. The fourth-order valence-electron chi connectivity index (χ4n) is 2.95. The highest BCUT2D eigenvalue weighted by Crippen LogP contribution is 2.37. The van der Waals surface area contributed by atoms with Crippen molar-refractivity contribution in [2.75, 3.05) is 12.1 Å². The van der Waals surface area contributed by atoms with Crippen LogP contribution in [-0.4, -0.2) is 28.6 Å². The number of nitrogens with zero attached hydrogens (tertiary/aromatic N) is 2. The highest BCUT2D eigenvalue weighted by Gasteiger charge is 2.20. The summed E-state index contributed by atoms with van der Waals surface area (Å²) in [7, 11) is 0. The molecule has 4 rings (SSSR count). The minimum atomic E-state index is -0.276. The van der Waals surface area contributed by atoms with Crippen LogP contribution in [0.25, 0.3) is 11.4 Å². The Morgan fingerprint density at radius 1 is 1.10 bits per heavy atom. The summed E-state index contributed by atoms with van der Waals surface area (Å²) in [6.07, 6.45) is 0.409. The number of anilines is 1. The van der Waals surface area contributed by atoms with Crippen molar-refractivity contribution in [3.8, 4) is 22.9 Å². The second kappa shape index (κ2) is 7.75. The number of amides is 1. The number of nitrogens with one attached hydrogen (secondary N) is 1. The third kappa shape index (κ3) is 4.11. The van der Waals surface area contributed by atoms with Gasteiger partial charge in [-0.3, -0.25) is 9.59 Å². The van der Waals surface area contributed by atoms with Gasteiger partial charge in [-0.15, -0.1) is 0 Å². The summed E-state index contributed by atoms with van der Waals surface area (Å²) in [5.74, 6) is 1.37. The predicted octanol–water partition coefficient (Wildman–Crippen LogP) is 3.55. The van der Waals surface area contributed by atoms with Gasteiger partial charge in [-0.2, -0.15) is 4.98 Å². The van der Waals surface area contributed by atoms with Crippen molar-refractivity contribution in [1.29, 1.82) is 0 Å². The number of aryl methyl sites for hydroxylation is 2. The number of hydrogen-bond donors (Lipinski definition) is 1. The standard InChI is InChI=1S/C21H19N3O5/c1-12-3-5-14(6-4-12)21-23-20(29-24-21)8-7-19(26)22-16-10-18-17(27-11-28-18)9-15(16)13(2)25/h3-6,9-10H,7-8,11H2,1-2H3,(H,22,26). The molecule has 0 fully saturated rings. The van der Waals surface area contributed by atoms with E-state index in [2.05, 4.69) is 15.5 Å². The van der Waals surface area contributed by atoms with Gasteiger partial charge in [-0.25, -0.2) is 0 Å². The Balaban J connectivity index is 1.41. The van der Waals surface area contributed by atoms with Crippen LogP contribution in [0.1, 0.15) is 35.2 Å². The maximum absolute atomic E-state index is 12.4. The van der Waals surface area contributed by atoms with Crippen LogP contribution < -0.4 is 14.8 Å². The average Bonchev–Trinajstić information content (AvgIpc) is 3.35. The van der Waals surface area contributed by atoms with Gasteiger partial charge in [-0.1, -0.05) is 35.0 Å². The lowest BCUT2D eigenvalue weighted by atomic mass is 10.1. The summed E-state index contributed by atoms with van der Waals surface area (Å²) in [4.78, 5) is 28.6. The van der Waals surface area contributed by atoms with Gasteiger partial charge < -0.3 is 19.3 Å². The first-order valence-electron chi connectivity index (χ1n) is 9.13. The van der Waals surface area contributed by atoms with Crippen LogP contribution >= 0.6 is 0 Å². The van der Waals surface area contributed by atoms with E-state index in [0.717, 1.165) is 11.1 Å². The van der Waals surface area contributed by atoms with Crippen LogP contribution in [0.3, 0.4) is 0 Å². The topological polar surface area (TPSA) is 104 Å². The minimum absolute atomic E-state index is 0.0879. The molecule has 0 radical (unpaired) electrons.